The topological polar surface area (TPSA) is 96.3 Å². The quantitative estimate of drug-likeness (QED) is 0.752. The van der Waals surface area contributed by atoms with Crippen LogP contribution in [0.15, 0.2) is 12.1 Å². The monoisotopic (exact) mass is 234 g/mol. The number of nitrogens with zero attached hydrogens (tertiary/aromatic N) is 1. The molecule has 0 atom stereocenters. The van der Waals surface area contributed by atoms with E-state index in [1.54, 1.807) is 6.92 Å². The van der Waals surface area contributed by atoms with Crippen molar-refractivity contribution in [2.45, 2.75) is 19.9 Å². The number of phenolic OH excluding ortho intramolecular Hbond substituents is 1. The molecule has 90 valence electrons. The summed E-state index contributed by atoms with van der Waals surface area (Å²) in [6.07, 6.45) is -0.0294. The van der Waals surface area contributed by atoms with Gasteiger partial charge in [-0.2, -0.15) is 5.26 Å². The first-order valence-corrected chi connectivity index (χ1v) is 5.23. The van der Waals surface area contributed by atoms with Crippen LogP contribution in [0, 0.1) is 11.3 Å². The van der Waals surface area contributed by atoms with E-state index in [0.717, 1.165) is 0 Å². The number of nitrogens with two attached hydrogens (primary N) is 1. The number of esters is 1. The number of nitriles is 1. The van der Waals surface area contributed by atoms with E-state index >= 15 is 0 Å². The third-order valence-corrected chi connectivity index (χ3v) is 2.33. The Bertz CT molecular complexity index is 464. The molecule has 0 unspecified atom stereocenters. The summed E-state index contributed by atoms with van der Waals surface area (Å²) in [5.41, 5.74) is 6.55. The highest BCUT2D eigenvalue weighted by Crippen LogP contribution is 2.26. The zero-order valence-electron chi connectivity index (χ0n) is 9.56. The number of carbonyl (C=O) groups is 1. The van der Waals surface area contributed by atoms with Gasteiger partial charge in [0.1, 0.15) is 5.75 Å². The average molecular weight is 234 g/mol. The molecule has 5 heteroatoms. The molecule has 0 radical (unpaired) electrons. The fourth-order valence-electron chi connectivity index (χ4n) is 1.51. The molecule has 0 saturated carbocycles. The van der Waals surface area contributed by atoms with Crippen LogP contribution < -0.4 is 5.73 Å². The maximum absolute atomic E-state index is 11.3. The predicted octanol–water partition coefficient (Wildman–Crippen LogP) is 0.828. The molecular weight excluding hydrogens is 220 g/mol. The van der Waals surface area contributed by atoms with Gasteiger partial charge in [-0.1, -0.05) is 6.07 Å². The number of hydrogen-bond donors (Lipinski definition) is 2. The normalized spacial score (nSPS) is 9.71. The fraction of sp³-hybridized carbons (Fsp3) is 0.333. The van der Waals surface area contributed by atoms with Crippen LogP contribution in [0.5, 0.6) is 5.75 Å². The van der Waals surface area contributed by atoms with Crippen LogP contribution in [0.2, 0.25) is 0 Å². The van der Waals surface area contributed by atoms with Gasteiger partial charge < -0.3 is 15.6 Å². The molecule has 0 saturated heterocycles. The molecule has 0 bridgehead atoms. The van der Waals surface area contributed by atoms with Gasteiger partial charge in [-0.25, -0.2) is 0 Å². The van der Waals surface area contributed by atoms with Gasteiger partial charge in [0, 0.05) is 17.7 Å². The largest absolute Gasteiger partial charge is 0.507 e. The lowest BCUT2D eigenvalue weighted by Gasteiger charge is -2.09. The van der Waals surface area contributed by atoms with Crippen molar-refractivity contribution >= 4 is 5.97 Å². The van der Waals surface area contributed by atoms with Gasteiger partial charge in [0.15, 0.2) is 0 Å². The van der Waals surface area contributed by atoms with Gasteiger partial charge in [0.25, 0.3) is 0 Å². The van der Waals surface area contributed by atoms with Crippen molar-refractivity contribution in [2.24, 2.45) is 5.73 Å². The highest BCUT2D eigenvalue weighted by molar-refractivity contribution is 5.74. The minimum Gasteiger partial charge on any atom is -0.507 e. The predicted molar refractivity (Wildman–Crippen MR) is 61.1 cm³/mol. The second-order valence-electron chi connectivity index (χ2n) is 3.40. The Balaban J connectivity index is 3.03. The summed E-state index contributed by atoms with van der Waals surface area (Å²) < 4.78 is 4.78. The molecule has 0 spiro atoms. The van der Waals surface area contributed by atoms with Crippen LogP contribution in [0.1, 0.15) is 23.6 Å². The summed E-state index contributed by atoms with van der Waals surface area (Å²) in [7, 11) is 0. The maximum Gasteiger partial charge on any atom is 0.310 e. The van der Waals surface area contributed by atoms with Crippen molar-refractivity contribution in [3.8, 4) is 11.8 Å². The summed E-state index contributed by atoms with van der Waals surface area (Å²) in [5, 5.41) is 18.7. The molecule has 1 aromatic rings. The first kappa shape index (κ1) is 13.0. The van der Waals surface area contributed by atoms with Crippen molar-refractivity contribution in [2.75, 3.05) is 6.61 Å². The second kappa shape index (κ2) is 5.87. The highest BCUT2D eigenvalue weighted by atomic mass is 16.5. The molecule has 0 aliphatic rings. The molecule has 0 amide bonds. The fourth-order valence-corrected chi connectivity index (χ4v) is 1.51. The number of ether oxygens (including phenoxy) is 1. The second-order valence-corrected chi connectivity index (χ2v) is 3.40. The average Bonchev–Trinajstić information content (AvgIpc) is 2.31. The first-order valence-electron chi connectivity index (χ1n) is 5.23. The van der Waals surface area contributed by atoms with E-state index in [4.69, 9.17) is 15.7 Å². The highest BCUT2D eigenvalue weighted by Gasteiger charge is 2.14. The van der Waals surface area contributed by atoms with Gasteiger partial charge >= 0.3 is 5.97 Å². The Morgan fingerprint density at radius 1 is 1.59 bits per heavy atom. The molecule has 1 aromatic carbocycles. The van der Waals surface area contributed by atoms with E-state index in [-0.39, 0.29) is 18.7 Å². The maximum atomic E-state index is 11.3. The van der Waals surface area contributed by atoms with Crippen molar-refractivity contribution < 1.29 is 14.6 Å². The van der Waals surface area contributed by atoms with Gasteiger partial charge in [-0.15, -0.1) is 0 Å². The summed E-state index contributed by atoms with van der Waals surface area (Å²) >= 11 is 0. The molecule has 17 heavy (non-hydrogen) atoms. The standard InChI is InChI=1S/C12H14N2O3/c1-2-17-11(15)5-8-3-4-9(6-13)10(7-14)12(8)16/h3-4,16H,2,5,7,14H2,1H3. The zero-order chi connectivity index (χ0) is 12.8. The molecule has 0 aliphatic heterocycles. The Morgan fingerprint density at radius 2 is 2.29 bits per heavy atom. The minimum atomic E-state index is -0.421. The van der Waals surface area contributed by atoms with E-state index in [1.807, 2.05) is 6.07 Å². The summed E-state index contributed by atoms with van der Waals surface area (Å²) in [6, 6.07) is 5.01. The van der Waals surface area contributed by atoms with Crippen LogP contribution in [-0.2, 0) is 22.5 Å². The zero-order valence-corrected chi connectivity index (χ0v) is 9.56. The number of benzene rings is 1. The van der Waals surface area contributed by atoms with E-state index in [2.05, 4.69) is 0 Å². The number of hydrogen-bond acceptors (Lipinski definition) is 5. The van der Waals surface area contributed by atoms with Crippen molar-refractivity contribution in [1.29, 1.82) is 5.26 Å². The molecule has 0 aromatic heterocycles. The van der Waals surface area contributed by atoms with E-state index in [0.29, 0.717) is 23.3 Å². The van der Waals surface area contributed by atoms with Gasteiger partial charge in [0.2, 0.25) is 0 Å². The SMILES string of the molecule is CCOC(=O)Cc1ccc(C#N)c(CN)c1O. The van der Waals surface area contributed by atoms with Crippen LogP contribution in [0.3, 0.4) is 0 Å². The van der Waals surface area contributed by atoms with Gasteiger partial charge in [0.05, 0.1) is 24.7 Å². The third kappa shape index (κ3) is 2.95. The molecule has 3 N–H and O–H groups in total. The molecule has 0 heterocycles. The lowest BCUT2D eigenvalue weighted by atomic mass is 10.0. The summed E-state index contributed by atoms with van der Waals surface area (Å²) in [6.45, 7) is 2.05. The number of rotatable bonds is 4. The van der Waals surface area contributed by atoms with Crippen LogP contribution in [-0.4, -0.2) is 17.7 Å². The Kier molecular flexibility index (Phi) is 4.49. The van der Waals surface area contributed by atoms with E-state index in [1.165, 1.54) is 12.1 Å². The van der Waals surface area contributed by atoms with Crippen LogP contribution in [0.4, 0.5) is 0 Å². The summed E-state index contributed by atoms with van der Waals surface area (Å²) in [5.74, 6) is -0.518. The van der Waals surface area contributed by atoms with Crippen molar-refractivity contribution in [3.05, 3.63) is 28.8 Å². The number of phenols is 1. The van der Waals surface area contributed by atoms with E-state index < -0.39 is 5.97 Å². The van der Waals surface area contributed by atoms with Crippen molar-refractivity contribution in [3.63, 3.8) is 0 Å². The summed E-state index contributed by atoms with van der Waals surface area (Å²) in [4.78, 5) is 11.3. The number of carbonyl (C=O) groups excluding carboxylic acids is 1. The number of aromatic hydroxyl groups is 1. The Hall–Kier alpha value is -2.06. The van der Waals surface area contributed by atoms with Crippen LogP contribution >= 0.6 is 0 Å². The molecule has 1 rings (SSSR count). The lowest BCUT2D eigenvalue weighted by Crippen LogP contribution is -2.09. The first-order chi connectivity index (χ1) is 8.13. The van der Waals surface area contributed by atoms with Crippen LogP contribution in [0.25, 0.3) is 0 Å². The molecular formula is C12H14N2O3. The third-order valence-electron chi connectivity index (χ3n) is 2.33. The Labute approximate surface area is 99.4 Å². The van der Waals surface area contributed by atoms with Gasteiger partial charge in [-0.3, -0.25) is 4.79 Å². The minimum absolute atomic E-state index is 0.0294. The van der Waals surface area contributed by atoms with Crippen molar-refractivity contribution in [1.82, 2.24) is 0 Å². The Morgan fingerprint density at radius 3 is 2.82 bits per heavy atom. The molecule has 0 fully saturated rings. The van der Waals surface area contributed by atoms with E-state index in [9.17, 15) is 9.90 Å². The lowest BCUT2D eigenvalue weighted by molar-refractivity contribution is -0.142. The smallest absolute Gasteiger partial charge is 0.310 e. The molecule has 0 aliphatic carbocycles. The molecule has 5 nitrogen and oxygen atoms in total. The van der Waals surface area contributed by atoms with Gasteiger partial charge in [-0.05, 0) is 13.0 Å².